The standard InChI is InChI=1S/C21H21BrF2N6O/c22-17-12-28-21(29-16-4-1-3-15(25)11-16)30-20(17)27-8-2-7-26-19(31)9-13-5-6-14(23)10-18(13)24/h1,3-6,10-12H,2,7-9,25H2,(H,26,31)(H2,27,28,29,30). The second kappa shape index (κ2) is 10.7. The lowest BCUT2D eigenvalue weighted by Gasteiger charge is -2.11. The minimum Gasteiger partial charge on any atom is -0.399 e. The van der Waals surface area contributed by atoms with Crippen molar-refractivity contribution in [2.45, 2.75) is 12.8 Å². The van der Waals surface area contributed by atoms with Gasteiger partial charge in [-0.15, -0.1) is 0 Å². The highest BCUT2D eigenvalue weighted by Crippen LogP contribution is 2.22. The lowest BCUT2D eigenvalue weighted by atomic mass is 10.1. The smallest absolute Gasteiger partial charge is 0.229 e. The van der Waals surface area contributed by atoms with E-state index in [1.165, 1.54) is 6.07 Å². The quantitative estimate of drug-likeness (QED) is 0.267. The van der Waals surface area contributed by atoms with Crippen LogP contribution >= 0.6 is 15.9 Å². The largest absolute Gasteiger partial charge is 0.399 e. The molecule has 0 spiro atoms. The monoisotopic (exact) mass is 490 g/mol. The molecule has 1 heterocycles. The van der Waals surface area contributed by atoms with Crippen LogP contribution in [0.4, 0.5) is 31.9 Å². The summed E-state index contributed by atoms with van der Waals surface area (Å²) in [5, 5.41) is 8.97. The van der Waals surface area contributed by atoms with E-state index in [0.29, 0.717) is 41.4 Å². The van der Waals surface area contributed by atoms with Crippen LogP contribution in [0.15, 0.2) is 53.1 Å². The molecule has 1 aromatic heterocycles. The van der Waals surface area contributed by atoms with Gasteiger partial charge in [-0.25, -0.2) is 13.8 Å². The number of hydrogen-bond acceptors (Lipinski definition) is 6. The first-order valence-corrected chi connectivity index (χ1v) is 10.3. The van der Waals surface area contributed by atoms with Gasteiger partial charge in [0.1, 0.15) is 17.5 Å². The number of hydrogen-bond donors (Lipinski definition) is 4. The maximum atomic E-state index is 13.6. The van der Waals surface area contributed by atoms with E-state index in [9.17, 15) is 13.6 Å². The van der Waals surface area contributed by atoms with Gasteiger partial charge >= 0.3 is 0 Å². The van der Waals surface area contributed by atoms with Gasteiger partial charge in [0.05, 0.1) is 10.9 Å². The SMILES string of the molecule is Nc1cccc(Nc2ncc(Br)c(NCCCNC(=O)Cc3ccc(F)cc3F)n2)c1. The van der Waals surface area contributed by atoms with Crippen LogP contribution in [-0.4, -0.2) is 29.0 Å². The Kier molecular flexibility index (Phi) is 7.71. The minimum absolute atomic E-state index is 0.143. The van der Waals surface area contributed by atoms with Crippen LogP contribution in [0.5, 0.6) is 0 Å². The van der Waals surface area contributed by atoms with Gasteiger partial charge in [-0.3, -0.25) is 4.79 Å². The Morgan fingerprint density at radius 2 is 1.97 bits per heavy atom. The van der Waals surface area contributed by atoms with Crippen LogP contribution in [0.1, 0.15) is 12.0 Å². The topological polar surface area (TPSA) is 105 Å². The highest BCUT2D eigenvalue weighted by Gasteiger charge is 2.09. The number of nitrogens with two attached hydrogens (primary N) is 1. The molecule has 5 N–H and O–H groups in total. The van der Waals surface area contributed by atoms with Crippen LogP contribution in [0.3, 0.4) is 0 Å². The lowest BCUT2D eigenvalue weighted by Crippen LogP contribution is -2.27. The third-order valence-corrected chi connectivity index (χ3v) is 4.80. The maximum Gasteiger partial charge on any atom is 0.229 e. The molecule has 7 nitrogen and oxygen atoms in total. The van der Waals surface area contributed by atoms with Gasteiger partial charge in [-0.05, 0) is 52.2 Å². The summed E-state index contributed by atoms with van der Waals surface area (Å²) in [5.41, 5.74) is 7.33. The predicted molar refractivity (Wildman–Crippen MR) is 120 cm³/mol. The fourth-order valence-corrected chi connectivity index (χ4v) is 3.05. The second-order valence-corrected chi connectivity index (χ2v) is 7.54. The normalized spacial score (nSPS) is 10.5. The number of halogens is 3. The Hall–Kier alpha value is -3.27. The highest BCUT2D eigenvalue weighted by atomic mass is 79.9. The van der Waals surface area contributed by atoms with E-state index >= 15 is 0 Å². The van der Waals surface area contributed by atoms with Crippen molar-refractivity contribution in [1.29, 1.82) is 0 Å². The van der Waals surface area contributed by atoms with E-state index in [1.54, 1.807) is 18.3 Å². The van der Waals surface area contributed by atoms with E-state index in [0.717, 1.165) is 17.8 Å². The number of anilines is 4. The molecule has 0 unspecified atom stereocenters. The molecule has 0 atom stereocenters. The van der Waals surface area contributed by atoms with E-state index < -0.39 is 11.6 Å². The summed E-state index contributed by atoms with van der Waals surface area (Å²) in [5.74, 6) is -0.725. The average molecular weight is 491 g/mol. The number of rotatable bonds is 9. The summed E-state index contributed by atoms with van der Waals surface area (Å²) >= 11 is 3.40. The van der Waals surface area contributed by atoms with Crippen molar-refractivity contribution < 1.29 is 13.6 Å². The summed E-state index contributed by atoms with van der Waals surface area (Å²) < 4.78 is 27.2. The van der Waals surface area contributed by atoms with Gasteiger partial charge in [-0.1, -0.05) is 12.1 Å². The Morgan fingerprint density at radius 1 is 1.13 bits per heavy atom. The van der Waals surface area contributed by atoms with Crippen molar-refractivity contribution in [3.8, 4) is 0 Å². The molecule has 1 amide bonds. The Bertz CT molecular complexity index is 1070. The first-order valence-electron chi connectivity index (χ1n) is 9.50. The summed E-state index contributed by atoms with van der Waals surface area (Å²) in [7, 11) is 0. The number of carbonyl (C=O) groups excluding carboxylic acids is 1. The molecule has 0 saturated carbocycles. The molecule has 3 rings (SSSR count). The van der Waals surface area contributed by atoms with E-state index in [4.69, 9.17) is 5.73 Å². The van der Waals surface area contributed by atoms with Crippen molar-refractivity contribution in [1.82, 2.24) is 15.3 Å². The van der Waals surface area contributed by atoms with Gasteiger partial charge in [0.2, 0.25) is 11.9 Å². The van der Waals surface area contributed by atoms with Crippen molar-refractivity contribution in [3.05, 3.63) is 70.3 Å². The number of carbonyl (C=O) groups is 1. The summed E-state index contributed by atoms with van der Waals surface area (Å²) in [6.45, 7) is 0.935. The molecule has 0 saturated heterocycles. The van der Waals surface area contributed by atoms with Crippen molar-refractivity contribution in [3.63, 3.8) is 0 Å². The molecule has 0 aliphatic rings. The average Bonchev–Trinajstić information content (AvgIpc) is 2.72. The van der Waals surface area contributed by atoms with Crippen LogP contribution < -0.4 is 21.7 Å². The third-order valence-electron chi connectivity index (χ3n) is 4.22. The number of benzene rings is 2. The number of nitrogens with one attached hydrogen (secondary N) is 3. The summed E-state index contributed by atoms with van der Waals surface area (Å²) in [6.07, 6.45) is 2.10. The maximum absolute atomic E-state index is 13.6. The first-order chi connectivity index (χ1) is 14.9. The Labute approximate surface area is 186 Å². The van der Waals surface area contributed by atoms with Crippen molar-refractivity contribution >= 4 is 45.0 Å². The van der Waals surface area contributed by atoms with Crippen LogP contribution in [-0.2, 0) is 11.2 Å². The van der Waals surface area contributed by atoms with Gasteiger partial charge in [0, 0.05) is 36.7 Å². The van der Waals surface area contributed by atoms with E-state index in [1.807, 2.05) is 12.1 Å². The minimum atomic E-state index is -0.729. The van der Waals surface area contributed by atoms with Crippen molar-refractivity contribution in [2.75, 3.05) is 29.5 Å². The van der Waals surface area contributed by atoms with Crippen LogP contribution in [0.2, 0.25) is 0 Å². The molecule has 10 heteroatoms. The number of nitrogens with zero attached hydrogens (tertiary/aromatic N) is 2. The number of aromatic nitrogens is 2. The molecule has 162 valence electrons. The van der Waals surface area contributed by atoms with Crippen LogP contribution in [0.25, 0.3) is 0 Å². The molecule has 0 radical (unpaired) electrons. The fraction of sp³-hybridized carbons (Fsp3) is 0.190. The van der Waals surface area contributed by atoms with Gasteiger partial charge in [0.25, 0.3) is 0 Å². The van der Waals surface area contributed by atoms with Gasteiger partial charge in [-0.2, -0.15) is 4.98 Å². The molecule has 0 aliphatic heterocycles. The van der Waals surface area contributed by atoms with E-state index in [2.05, 4.69) is 41.8 Å². The fourth-order valence-electron chi connectivity index (χ4n) is 2.72. The summed E-state index contributed by atoms with van der Waals surface area (Å²) in [4.78, 5) is 20.6. The molecule has 3 aromatic rings. The van der Waals surface area contributed by atoms with Crippen molar-refractivity contribution in [2.24, 2.45) is 0 Å². The zero-order valence-corrected chi connectivity index (χ0v) is 18.0. The number of amides is 1. The first kappa shape index (κ1) is 22.4. The highest BCUT2D eigenvalue weighted by molar-refractivity contribution is 9.10. The predicted octanol–water partition coefficient (Wildman–Crippen LogP) is 4.00. The third kappa shape index (κ3) is 6.88. The molecule has 0 fully saturated rings. The Balaban J connectivity index is 1.44. The molecule has 0 bridgehead atoms. The second-order valence-electron chi connectivity index (χ2n) is 6.68. The molecule has 31 heavy (non-hydrogen) atoms. The number of nitrogen functional groups attached to an aromatic ring is 1. The molecule has 2 aromatic carbocycles. The molecule has 0 aliphatic carbocycles. The Morgan fingerprint density at radius 3 is 2.74 bits per heavy atom. The zero-order chi connectivity index (χ0) is 22.2. The summed E-state index contributed by atoms with van der Waals surface area (Å²) in [6, 6.07) is 10.4. The molecular weight excluding hydrogens is 470 g/mol. The van der Waals surface area contributed by atoms with Gasteiger partial charge < -0.3 is 21.7 Å². The molecular formula is C21H21BrF2N6O. The lowest BCUT2D eigenvalue weighted by molar-refractivity contribution is -0.120. The van der Waals surface area contributed by atoms with Gasteiger partial charge in [0.15, 0.2) is 0 Å². The van der Waals surface area contributed by atoms with Crippen LogP contribution in [0, 0.1) is 11.6 Å². The zero-order valence-electron chi connectivity index (χ0n) is 16.5. The van der Waals surface area contributed by atoms with E-state index in [-0.39, 0.29) is 17.9 Å².